The molecule has 1 aliphatic heterocycles. The van der Waals surface area contributed by atoms with Gasteiger partial charge in [0.2, 0.25) is 0 Å². The van der Waals surface area contributed by atoms with Crippen LogP contribution in [0.3, 0.4) is 0 Å². The maximum absolute atomic E-state index is 7.11. The van der Waals surface area contributed by atoms with E-state index in [0.717, 1.165) is 23.5 Å². The summed E-state index contributed by atoms with van der Waals surface area (Å²) in [6.45, 7) is 2.42. The average molecular weight is 641 g/mol. The van der Waals surface area contributed by atoms with Gasteiger partial charge < -0.3 is 4.74 Å². The van der Waals surface area contributed by atoms with Crippen molar-refractivity contribution in [1.29, 1.82) is 0 Å². The van der Waals surface area contributed by atoms with Crippen molar-refractivity contribution in [2.75, 3.05) is 0 Å². The molecule has 2 atom stereocenters. The third-order valence-electron chi connectivity index (χ3n) is 11.7. The van der Waals surface area contributed by atoms with E-state index in [1.54, 1.807) is 0 Å². The largest absolute Gasteiger partial charge is 0.460 e. The van der Waals surface area contributed by atoms with Crippen LogP contribution < -0.4 is 4.74 Å². The molecular formula is C49H36O. The molecule has 0 radical (unpaired) electrons. The SMILES string of the molecule is CC1(c2ccccc2)c2cc(-c3cccc4c3OC3=CC=CCC3C4(c3ccccc3)c3ccccc3)ccc2-c2ccc3ccccc3c21. The lowest BCUT2D eigenvalue weighted by Crippen LogP contribution is -2.43. The van der Waals surface area contributed by atoms with Gasteiger partial charge in [0, 0.05) is 22.5 Å². The molecule has 1 heteroatoms. The summed E-state index contributed by atoms with van der Waals surface area (Å²) in [5.74, 6) is 2.10. The smallest absolute Gasteiger partial charge is 0.139 e. The molecule has 50 heavy (non-hydrogen) atoms. The number of hydrogen-bond donors (Lipinski definition) is 0. The Bertz CT molecular complexity index is 2450. The Hall–Kier alpha value is -5.92. The molecule has 7 aromatic rings. The number of allylic oxidation sites excluding steroid dienone is 4. The second kappa shape index (κ2) is 11.1. The maximum atomic E-state index is 7.11. The number of benzene rings is 7. The molecule has 0 fully saturated rings. The van der Waals surface area contributed by atoms with Crippen molar-refractivity contribution in [2.45, 2.75) is 24.2 Å². The Kier molecular flexibility index (Phi) is 6.42. The molecule has 0 spiro atoms. The third-order valence-corrected chi connectivity index (χ3v) is 11.7. The molecular weight excluding hydrogens is 605 g/mol. The summed E-state index contributed by atoms with van der Waals surface area (Å²) in [4.78, 5) is 0. The first-order chi connectivity index (χ1) is 24.7. The molecule has 0 amide bonds. The Morgan fingerprint density at radius 2 is 1.22 bits per heavy atom. The van der Waals surface area contributed by atoms with Gasteiger partial charge in [-0.05, 0) is 80.8 Å². The summed E-state index contributed by atoms with van der Waals surface area (Å²) in [6, 6.07) is 60.5. The second-order valence-electron chi connectivity index (χ2n) is 14.1. The zero-order valence-corrected chi connectivity index (χ0v) is 28.0. The van der Waals surface area contributed by atoms with E-state index in [4.69, 9.17) is 4.74 Å². The van der Waals surface area contributed by atoms with Crippen molar-refractivity contribution >= 4 is 10.8 Å². The van der Waals surface area contributed by atoms with E-state index in [1.165, 1.54) is 60.8 Å². The Labute approximate surface area is 293 Å². The van der Waals surface area contributed by atoms with Crippen molar-refractivity contribution < 1.29 is 4.74 Å². The number of rotatable bonds is 4. The summed E-state index contributed by atoms with van der Waals surface area (Å²) in [7, 11) is 0. The van der Waals surface area contributed by atoms with Crippen LogP contribution in [0.2, 0.25) is 0 Å². The maximum Gasteiger partial charge on any atom is 0.139 e. The first kappa shape index (κ1) is 29.0. The number of fused-ring (bicyclic) bond motifs is 7. The van der Waals surface area contributed by atoms with Gasteiger partial charge in [0.05, 0.1) is 5.41 Å². The summed E-state index contributed by atoms with van der Waals surface area (Å²) in [5.41, 5.74) is 11.9. The van der Waals surface area contributed by atoms with Crippen LogP contribution in [0.4, 0.5) is 0 Å². The van der Waals surface area contributed by atoms with Crippen LogP contribution in [0.25, 0.3) is 33.0 Å². The van der Waals surface area contributed by atoms with E-state index in [-0.39, 0.29) is 11.3 Å². The lowest BCUT2D eigenvalue weighted by atomic mass is 9.58. The van der Waals surface area contributed by atoms with E-state index in [0.29, 0.717) is 0 Å². The highest BCUT2D eigenvalue weighted by molar-refractivity contribution is 5.99. The van der Waals surface area contributed by atoms with Gasteiger partial charge in [-0.3, -0.25) is 0 Å². The zero-order valence-electron chi connectivity index (χ0n) is 28.0. The van der Waals surface area contributed by atoms with Crippen molar-refractivity contribution in [3.05, 3.63) is 221 Å². The molecule has 0 N–H and O–H groups in total. The molecule has 3 aliphatic rings. The zero-order chi connectivity index (χ0) is 33.3. The van der Waals surface area contributed by atoms with Crippen LogP contribution in [0.5, 0.6) is 5.75 Å². The fraction of sp³-hybridized carbons (Fsp3) is 0.102. The van der Waals surface area contributed by atoms with Crippen molar-refractivity contribution in [3.8, 4) is 28.0 Å². The molecule has 2 unspecified atom stereocenters. The van der Waals surface area contributed by atoms with Gasteiger partial charge in [0.1, 0.15) is 11.5 Å². The van der Waals surface area contributed by atoms with Crippen LogP contribution in [0, 0.1) is 5.92 Å². The van der Waals surface area contributed by atoms with E-state index < -0.39 is 5.41 Å². The molecule has 0 aromatic heterocycles. The fourth-order valence-electron chi connectivity index (χ4n) is 9.48. The summed E-state index contributed by atoms with van der Waals surface area (Å²) in [5, 5.41) is 2.59. The minimum atomic E-state index is -0.423. The molecule has 7 aromatic carbocycles. The molecule has 0 saturated heterocycles. The molecule has 1 nitrogen and oxygen atoms in total. The van der Waals surface area contributed by atoms with Gasteiger partial charge >= 0.3 is 0 Å². The standard InChI is InChI=1S/C49H36O/c1-48(35-17-5-2-6-18-35)44-32-34(29-30-40(44)41-31-28-33-16-11-12-23-38(33)46(41)48)39-24-15-26-43-47(39)50-45-27-14-13-25-42(45)49(43,36-19-7-3-8-20-36)37-21-9-4-10-22-37/h2-24,26-32,42H,25H2,1H3. The predicted molar refractivity (Wildman–Crippen MR) is 206 cm³/mol. The lowest BCUT2D eigenvalue weighted by molar-refractivity contribution is 0.251. The van der Waals surface area contributed by atoms with Crippen molar-refractivity contribution in [1.82, 2.24) is 0 Å². The number of hydrogen-bond acceptors (Lipinski definition) is 1. The Morgan fingerprint density at radius 1 is 0.560 bits per heavy atom. The Morgan fingerprint density at radius 3 is 1.96 bits per heavy atom. The van der Waals surface area contributed by atoms with Crippen LogP contribution >= 0.6 is 0 Å². The van der Waals surface area contributed by atoms with E-state index in [2.05, 4.69) is 189 Å². The highest BCUT2D eigenvalue weighted by Gasteiger charge is 2.51. The summed E-state index contributed by atoms with van der Waals surface area (Å²) < 4.78 is 7.11. The number of para-hydroxylation sites is 1. The quantitative estimate of drug-likeness (QED) is 0.186. The number of ether oxygens (including phenoxy) is 1. The van der Waals surface area contributed by atoms with E-state index in [9.17, 15) is 0 Å². The average Bonchev–Trinajstić information content (AvgIpc) is 3.46. The first-order valence-corrected chi connectivity index (χ1v) is 17.7. The monoisotopic (exact) mass is 640 g/mol. The molecule has 1 heterocycles. The van der Waals surface area contributed by atoms with Crippen LogP contribution in [0.15, 0.2) is 188 Å². The fourth-order valence-corrected chi connectivity index (χ4v) is 9.48. The van der Waals surface area contributed by atoms with E-state index >= 15 is 0 Å². The van der Waals surface area contributed by atoms with Gasteiger partial charge in [-0.1, -0.05) is 170 Å². The molecule has 10 rings (SSSR count). The summed E-state index contributed by atoms with van der Waals surface area (Å²) in [6.07, 6.45) is 7.53. The van der Waals surface area contributed by atoms with Crippen molar-refractivity contribution in [3.63, 3.8) is 0 Å². The first-order valence-electron chi connectivity index (χ1n) is 17.7. The minimum absolute atomic E-state index is 0.129. The van der Waals surface area contributed by atoms with Gasteiger partial charge in [-0.25, -0.2) is 0 Å². The summed E-state index contributed by atoms with van der Waals surface area (Å²) >= 11 is 0. The normalized spacial score (nSPS) is 19.5. The predicted octanol–water partition coefficient (Wildman–Crippen LogP) is 12.0. The Balaban J connectivity index is 1.24. The molecule has 0 saturated carbocycles. The van der Waals surface area contributed by atoms with Crippen LogP contribution in [-0.2, 0) is 10.8 Å². The lowest BCUT2D eigenvalue weighted by Gasteiger charge is -2.48. The van der Waals surface area contributed by atoms with Gasteiger partial charge in [-0.15, -0.1) is 0 Å². The molecule has 2 aliphatic carbocycles. The van der Waals surface area contributed by atoms with Gasteiger partial charge in [-0.2, -0.15) is 0 Å². The second-order valence-corrected chi connectivity index (χ2v) is 14.1. The highest BCUT2D eigenvalue weighted by Crippen LogP contribution is 2.59. The van der Waals surface area contributed by atoms with Crippen LogP contribution in [0.1, 0.15) is 46.7 Å². The minimum Gasteiger partial charge on any atom is -0.460 e. The van der Waals surface area contributed by atoms with E-state index in [1.807, 2.05) is 0 Å². The third kappa shape index (κ3) is 3.95. The molecule has 238 valence electrons. The topological polar surface area (TPSA) is 9.23 Å². The van der Waals surface area contributed by atoms with Crippen molar-refractivity contribution in [2.24, 2.45) is 5.92 Å². The van der Waals surface area contributed by atoms with Gasteiger partial charge in [0.25, 0.3) is 0 Å². The highest BCUT2D eigenvalue weighted by atomic mass is 16.5. The molecule has 0 bridgehead atoms. The van der Waals surface area contributed by atoms with Gasteiger partial charge in [0.15, 0.2) is 0 Å². The van der Waals surface area contributed by atoms with Crippen LogP contribution in [-0.4, -0.2) is 0 Å².